The van der Waals surface area contributed by atoms with Crippen LogP contribution in [0.15, 0.2) is 72.8 Å². The molecule has 0 fully saturated rings. The van der Waals surface area contributed by atoms with Gasteiger partial charge in [-0.05, 0) is 60.4 Å². The average molecular weight is 470 g/mol. The molecule has 3 aromatic rings. The van der Waals surface area contributed by atoms with Crippen molar-refractivity contribution in [1.29, 1.82) is 0 Å². The molecule has 0 bridgehead atoms. The van der Waals surface area contributed by atoms with Crippen LogP contribution in [0.1, 0.15) is 32.6 Å². The Morgan fingerprint density at radius 3 is 2.29 bits per heavy atom. The van der Waals surface area contributed by atoms with E-state index < -0.39 is 17.6 Å². The van der Waals surface area contributed by atoms with Gasteiger partial charge in [-0.3, -0.25) is 9.59 Å². The van der Waals surface area contributed by atoms with E-state index in [0.29, 0.717) is 13.2 Å². The van der Waals surface area contributed by atoms with E-state index in [1.165, 1.54) is 5.56 Å². The van der Waals surface area contributed by atoms with Gasteiger partial charge in [0, 0.05) is 12.1 Å². The van der Waals surface area contributed by atoms with Crippen LogP contribution in [-0.2, 0) is 23.9 Å². The van der Waals surface area contributed by atoms with E-state index >= 15 is 0 Å². The van der Waals surface area contributed by atoms with E-state index in [2.05, 4.69) is 18.3 Å². The molecule has 1 aliphatic rings. The molecule has 2 amide bonds. The summed E-state index contributed by atoms with van der Waals surface area (Å²) >= 11 is 0. The van der Waals surface area contributed by atoms with E-state index in [1.54, 1.807) is 0 Å². The Morgan fingerprint density at radius 1 is 1.00 bits per heavy atom. The number of amides is 2. The molecule has 1 heterocycles. The van der Waals surface area contributed by atoms with Gasteiger partial charge in [0.1, 0.15) is 12.4 Å². The van der Waals surface area contributed by atoms with Crippen molar-refractivity contribution >= 4 is 11.8 Å². The third-order valence-electron chi connectivity index (χ3n) is 5.46. The van der Waals surface area contributed by atoms with Crippen LogP contribution in [0, 0.1) is 12.8 Å². The molecule has 4 rings (SSSR count). The smallest absolute Gasteiger partial charge is 0.416 e. The lowest BCUT2D eigenvalue weighted by molar-refractivity contribution is -0.137. The second-order valence-corrected chi connectivity index (χ2v) is 7.90. The molecule has 0 aliphatic carbocycles. The van der Waals surface area contributed by atoms with Crippen LogP contribution >= 0.6 is 0 Å². The molecule has 5 nitrogen and oxygen atoms in total. The van der Waals surface area contributed by atoms with Gasteiger partial charge in [0.2, 0.25) is 11.8 Å². The highest BCUT2D eigenvalue weighted by Gasteiger charge is 2.30. The minimum atomic E-state index is -4.38. The van der Waals surface area contributed by atoms with Crippen molar-refractivity contribution < 1.29 is 27.5 Å². The van der Waals surface area contributed by atoms with Crippen molar-refractivity contribution in [3.05, 3.63) is 101 Å². The number of hydrogen-bond acceptors (Lipinski definition) is 3. The molecular formula is C26H25F3N2O3. The molecule has 0 spiro atoms. The number of nitrogens with two attached hydrogens (primary N) is 1. The van der Waals surface area contributed by atoms with Crippen molar-refractivity contribution in [2.75, 3.05) is 6.61 Å². The number of rotatable bonds is 4. The first-order valence-electron chi connectivity index (χ1n) is 10.6. The topological polar surface area (TPSA) is 81.4 Å². The second-order valence-electron chi connectivity index (χ2n) is 7.90. The fourth-order valence-electron chi connectivity index (χ4n) is 3.46. The summed E-state index contributed by atoms with van der Waals surface area (Å²) in [6.45, 7) is 3.09. The largest absolute Gasteiger partial charge is 0.492 e. The number of alkyl halides is 3. The summed E-state index contributed by atoms with van der Waals surface area (Å²) in [6.07, 6.45) is -3.63. The van der Waals surface area contributed by atoms with E-state index in [9.17, 15) is 22.8 Å². The van der Waals surface area contributed by atoms with Crippen LogP contribution in [0.4, 0.5) is 13.2 Å². The van der Waals surface area contributed by atoms with Crippen LogP contribution in [0.2, 0.25) is 0 Å². The number of aryl methyl sites for hydroxylation is 1. The lowest BCUT2D eigenvalue weighted by Crippen LogP contribution is -2.37. The molecular weight excluding hydrogens is 445 g/mol. The van der Waals surface area contributed by atoms with Gasteiger partial charge >= 0.3 is 6.18 Å². The van der Waals surface area contributed by atoms with Crippen LogP contribution in [0.25, 0.3) is 0 Å². The van der Waals surface area contributed by atoms with Crippen molar-refractivity contribution in [2.24, 2.45) is 11.7 Å². The van der Waals surface area contributed by atoms with Gasteiger partial charge in [0.05, 0.1) is 11.5 Å². The number of nitrogens with one attached hydrogen (secondary N) is 1. The molecule has 178 valence electrons. The van der Waals surface area contributed by atoms with Crippen molar-refractivity contribution in [2.45, 2.75) is 26.1 Å². The lowest BCUT2D eigenvalue weighted by Gasteiger charge is -2.24. The van der Waals surface area contributed by atoms with Gasteiger partial charge in [-0.25, -0.2) is 0 Å². The van der Waals surface area contributed by atoms with Gasteiger partial charge in [-0.2, -0.15) is 13.2 Å². The van der Waals surface area contributed by atoms with Gasteiger partial charge in [-0.1, -0.05) is 42.5 Å². The maximum Gasteiger partial charge on any atom is 0.416 e. The molecule has 0 radical (unpaired) electrons. The predicted octanol–water partition coefficient (Wildman–Crippen LogP) is 4.67. The number of fused-ring (bicyclic) bond motifs is 1. The highest BCUT2D eigenvalue weighted by atomic mass is 19.4. The summed E-state index contributed by atoms with van der Waals surface area (Å²) in [7, 11) is 0. The number of primary amides is 1. The molecule has 1 aliphatic heterocycles. The Balaban J connectivity index is 0.000000215. The number of halogens is 3. The number of carbonyl (C=O) groups excluding carboxylic acids is 2. The minimum absolute atomic E-state index is 0.0627. The summed E-state index contributed by atoms with van der Waals surface area (Å²) in [5, 5.41) is 3.02. The summed E-state index contributed by atoms with van der Waals surface area (Å²) in [5.74, 6) is 0.117. The SMILES string of the molecule is Cc1ccccc1CNC(=O)C1COc2ccccc2C1.NC(=O)c1ccc(C(F)(F)F)cc1. The number of para-hydroxylation sites is 1. The Kier molecular flexibility index (Phi) is 7.94. The minimum Gasteiger partial charge on any atom is -0.492 e. The predicted molar refractivity (Wildman–Crippen MR) is 122 cm³/mol. The normalized spacial score (nSPS) is 14.6. The first kappa shape index (κ1) is 24.8. The maximum atomic E-state index is 12.3. The van der Waals surface area contributed by atoms with Gasteiger partial charge < -0.3 is 15.8 Å². The van der Waals surface area contributed by atoms with Crippen molar-refractivity contribution in [3.63, 3.8) is 0 Å². The van der Waals surface area contributed by atoms with Crippen LogP contribution in [0.3, 0.4) is 0 Å². The van der Waals surface area contributed by atoms with Crippen LogP contribution in [-0.4, -0.2) is 18.4 Å². The number of ether oxygens (including phenoxy) is 1. The summed E-state index contributed by atoms with van der Waals surface area (Å²) in [5.41, 5.74) is 7.59. The molecule has 3 aromatic carbocycles. The maximum absolute atomic E-state index is 12.3. The van der Waals surface area contributed by atoms with Crippen LogP contribution in [0.5, 0.6) is 5.75 Å². The molecule has 1 atom stereocenters. The Labute approximate surface area is 195 Å². The highest BCUT2D eigenvalue weighted by Crippen LogP contribution is 2.29. The van der Waals surface area contributed by atoms with E-state index in [4.69, 9.17) is 10.5 Å². The molecule has 3 N–H and O–H groups in total. The number of carbonyl (C=O) groups is 2. The molecule has 0 aromatic heterocycles. The Hall–Kier alpha value is -3.81. The monoisotopic (exact) mass is 470 g/mol. The van der Waals surface area contributed by atoms with Crippen molar-refractivity contribution in [1.82, 2.24) is 5.32 Å². The standard InChI is InChI=1S/C18H19NO2.C8H6F3NO/c1-13-6-2-3-8-15(13)11-19-18(20)16-10-14-7-4-5-9-17(14)21-12-16;9-8(10,11)6-3-1-5(2-4-6)7(12)13/h2-9,16H,10-12H2,1H3,(H,19,20);1-4H,(H2,12,13). The summed E-state index contributed by atoms with van der Waals surface area (Å²) < 4.78 is 41.7. The van der Waals surface area contributed by atoms with Crippen LogP contribution < -0.4 is 15.8 Å². The molecule has 8 heteroatoms. The molecule has 1 unspecified atom stereocenters. The highest BCUT2D eigenvalue weighted by molar-refractivity contribution is 5.92. The second kappa shape index (κ2) is 10.9. The first-order chi connectivity index (χ1) is 16.1. The van der Waals surface area contributed by atoms with Crippen molar-refractivity contribution in [3.8, 4) is 5.75 Å². The van der Waals surface area contributed by atoms with Gasteiger partial charge in [0.25, 0.3) is 0 Å². The number of hydrogen-bond donors (Lipinski definition) is 2. The average Bonchev–Trinajstić information content (AvgIpc) is 2.83. The van der Waals surface area contributed by atoms with Gasteiger partial charge in [0.15, 0.2) is 0 Å². The quantitative estimate of drug-likeness (QED) is 0.582. The fraction of sp³-hybridized carbons (Fsp3) is 0.231. The first-order valence-corrected chi connectivity index (χ1v) is 10.6. The van der Waals surface area contributed by atoms with E-state index in [-0.39, 0.29) is 17.4 Å². The van der Waals surface area contributed by atoms with E-state index in [0.717, 1.165) is 47.6 Å². The Morgan fingerprint density at radius 2 is 1.65 bits per heavy atom. The zero-order chi connectivity index (χ0) is 24.7. The zero-order valence-electron chi connectivity index (χ0n) is 18.6. The fourth-order valence-corrected chi connectivity index (χ4v) is 3.46. The third kappa shape index (κ3) is 6.60. The Bertz CT molecular complexity index is 1140. The zero-order valence-corrected chi connectivity index (χ0v) is 18.6. The number of benzene rings is 3. The van der Waals surface area contributed by atoms with Gasteiger partial charge in [-0.15, -0.1) is 0 Å². The lowest BCUT2D eigenvalue weighted by atomic mass is 9.96. The molecule has 0 saturated heterocycles. The van der Waals surface area contributed by atoms with E-state index in [1.807, 2.05) is 42.5 Å². The summed E-state index contributed by atoms with van der Waals surface area (Å²) in [4.78, 5) is 22.8. The third-order valence-corrected chi connectivity index (χ3v) is 5.46. The summed E-state index contributed by atoms with van der Waals surface area (Å²) in [6, 6.07) is 19.8. The molecule has 0 saturated carbocycles. The molecule has 34 heavy (non-hydrogen) atoms.